The second-order valence-corrected chi connectivity index (χ2v) is 2.83. The van der Waals surface area contributed by atoms with E-state index >= 15 is 0 Å². The Kier molecular flexibility index (Phi) is 4.64. The van der Waals surface area contributed by atoms with E-state index in [0.29, 0.717) is 0 Å². The number of pyridine rings is 1. The summed E-state index contributed by atoms with van der Waals surface area (Å²) in [6.07, 6.45) is -3.23. The molecule has 1 heterocycles. The van der Waals surface area contributed by atoms with Gasteiger partial charge in [0.15, 0.2) is 0 Å². The lowest BCUT2D eigenvalue weighted by Gasteiger charge is -2.09. The maximum atomic E-state index is 12.3. The van der Waals surface area contributed by atoms with Gasteiger partial charge in [0.2, 0.25) is 0 Å². The molecule has 1 aromatic rings. The normalized spacial score (nSPS) is 10.9. The van der Waals surface area contributed by atoms with Gasteiger partial charge in [0, 0.05) is 6.20 Å². The van der Waals surface area contributed by atoms with Gasteiger partial charge in [-0.2, -0.15) is 13.2 Å². The van der Waals surface area contributed by atoms with Crippen LogP contribution in [-0.2, 0) is 12.7 Å². The van der Waals surface area contributed by atoms with Gasteiger partial charge < -0.3 is 18.1 Å². The Morgan fingerprint density at radius 2 is 2.00 bits per heavy atom. The van der Waals surface area contributed by atoms with Crippen molar-refractivity contribution in [2.45, 2.75) is 12.7 Å². The summed E-state index contributed by atoms with van der Waals surface area (Å²) in [6, 6.07) is 0.856. The third-order valence-corrected chi connectivity index (χ3v) is 1.69. The molecule has 0 amide bonds. The molecule has 1 rings (SSSR count). The van der Waals surface area contributed by atoms with Crippen molar-refractivity contribution in [2.24, 2.45) is 0 Å². The van der Waals surface area contributed by atoms with Gasteiger partial charge in [-0.3, -0.25) is 4.98 Å². The Morgan fingerprint density at radius 3 is 2.43 bits per heavy atom. The first-order valence-electron chi connectivity index (χ1n) is 3.46. The molecule has 0 saturated heterocycles. The van der Waals surface area contributed by atoms with Crippen LogP contribution in [0.15, 0.2) is 12.3 Å². The molecule has 0 unspecified atom stereocenters. The smallest absolute Gasteiger partial charge is 0.418 e. The predicted molar refractivity (Wildman–Crippen MR) is 40.8 cm³/mol. The van der Waals surface area contributed by atoms with Crippen molar-refractivity contribution >= 4 is 11.6 Å². The van der Waals surface area contributed by atoms with Crippen LogP contribution in [0.3, 0.4) is 0 Å². The number of rotatable bonds is 1. The molecular weight excluding hydrogens is 240 g/mol. The molecule has 1 aromatic heterocycles. The van der Waals surface area contributed by atoms with Crippen LogP contribution < -0.4 is 18.1 Å². The van der Waals surface area contributed by atoms with Crippen LogP contribution in [0.1, 0.15) is 11.3 Å². The third-order valence-electron chi connectivity index (χ3n) is 1.48. The number of hydrogen-bond acceptors (Lipinski definition) is 1. The van der Waals surface area contributed by atoms with Crippen molar-refractivity contribution < 1.29 is 31.3 Å². The molecule has 80 valence electrons. The van der Waals surface area contributed by atoms with E-state index in [9.17, 15) is 13.2 Å². The first-order chi connectivity index (χ1) is 5.95. The lowest BCUT2D eigenvalue weighted by atomic mass is 10.2. The maximum Gasteiger partial charge on any atom is 0.418 e. The van der Waals surface area contributed by atoms with E-state index in [4.69, 9.17) is 11.6 Å². The minimum absolute atomic E-state index is 0. The molecule has 0 spiro atoms. The first-order valence-corrected chi connectivity index (χ1v) is 3.84. The highest BCUT2D eigenvalue weighted by atomic mass is 35.5. The SMILES string of the molecule is [Cl-].[NH3+]Cc1ncc(Cl)cc1C(F)(F)F. The number of halogens is 5. The van der Waals surface area contributed by atoms with E-state index in [1.807, 2.05) is 0 Å². The lowest BCUT2D eigenvalue weighted by Crippen LogP contribution is -3.00. The van der Waals surface area contributed by atoms with Crippen LogP contribution in [0.4, 0.5) is 13.2 Å². The molecule has 3 N–H and O–H groups in total. The molecule has 0 atom stereocenters. The standard InChI is InChI=1S/C7H6ClF3N2.ClH/c8-4-1-5(7(9,10)11)6(2-12)13-3-4;/h1,3H,2,12H2;1H. The van der Waals surface area contributed by atoms with E-state index in [0.717, 1.165) is 6.07 Å². The highest BCUT2D eigenvalue weighted by Crippen LogP contribution is 2.32. The molecule has 0 bridgehead atoms. The van der Waals surface area contributed by atoms with Crippen LogP contribution in [0.25, 0.3) is 0 Å². The van der Waals surface area contributed by atoms with Crippen molar-refractivity contribution in [3.63, 3.8) is 0 Å². The fraction of sp³-hybridized carbons (Fsp3) is 0.286. The van der Waals surface area contributed by atoms with Crippen LogP contribution in [0.5, 0.6) is 0 Å². The van der Waals surface area contributed by atoms with E-state index in [1.54, 1.807) is 0 Å². The fourth-order valence-corrected chi connectivity index (χ4v) is 1.07. The summed E-state index contributed by atoms with van der Waals surface area (Å²) in [5.41, 5.74) is 2.46. The number of quaternary nitrogens is 1. The van der Waals surface area contributed by atoms with Gasteiger partial charge in [-0.05, 0) is 6.07 Å². The third kappa shape index (κ3) is 3.01. The summed E-state index contributed by atoms with van der Waals surface area (Å²) < 4.78 is 36.9. The van der Waals surface area contributed by atoms with Crippen molar-refractivity contribution in [3.8, 4) is 0 Å². The van der Waals surface area contributed by atoms with Crippen LogP contribution in [0, 0.1) is 0 Å². The zero-order valence-electron chi connectivity index (χ0n) is 6.91. The van der Waals surface area contributed by atoms with Gasteiger partial charge in [-0.15, -0.1) is 0 Å². The van der Waals surface area contributed by atoms with E-state index in [-0.39, 0.29) is 29.7 Å². The van der Waals surface area contributed by atoms with Crippen molar-refractivity contribution in [1.82, 2.24) is 4.98 Å². The average molecular weight is 247 g/mol. The van der Waals surface area contributed by atoms with Gasteiger partial charge in [-0.1, -0.05) is 11.6 Å². The second kappa shape index (κ2) is 4.82. The summed E-state index contributed by atoms with van der Waals surface area (Å²) >= 11 is 5.40. The molecule has 0 saturated carbocycles. The Bertz CT molecular complexity index is 314. The predicted octanol–water partition coefficient (Wildman–Crippen LogP) is -1.50. The van der Waals surface area contributed by atoms with Crippen LogP contribution >= 0.6 is 11.6 Å². The summed E-state index contributed by atoms with van der Waals surface area (Å²) in [6.45, 7) is -0.00792. The minimum atomic E-state index is -4.41. The van der Waals surface area contributed by atoms with Gasteiger partial charge in [0.05, 0.1) is 10.6 Å². The molecule has 0 radical (unpaired) electrons. The maximum absolute atomic E-state index is 12.3. The molecular formula is C7H7Cl2F3N2. The molecule has 0 aliphatic heterocycles. The summed E-state index contributed by atoms with van der Waals surface area (Å²) in [4.78, 5) is 3.55. The van der Waals surface area contributed by atoms with E-state index in [2.05, 4.69) is 10.7 Å². The molecule has 0 aromatic carbocycles. The van der Waals surface area contributed by atoms with Gasteiger partial charge in [-0.25, -0.2) is 0 Å². The zero-order chi connectivity index (χ0) is 10.1. The zero-order valence-corrected chi connectivity index (χ0v) is 8.42. The summed E-state index contributed by atoms with van der Waals surface area (Å²) in [5, 5.41) is -0.0236. The molecule has 7 heteroatoms. The van der Waals surface area contributed by atoms with Gasteiger partial charge in [0.1, 0.15) is 12.2 Å². The van der Waals surface area contributed by atoms with Gasteiger partial charge in [0.25, 0.3) is 0 Å². The van der Waals surface area contributed by atoms with Crippen molar-refractivity contribution in [2.75, 3.05) is 0 Å². The van der Waals surface area contributed by atoms with E-state index in [1.165, 1.54) is 6.20 Å². The number of alkyl halides is 3. The second-order valence-electron chi connectivity index (χ2n) is 2.40. The summed E-state index contributed by atoms with van der Waals surface area (Å²) in [7, 11) is 0. The largest absolute Gasteiger partial charge is 1.00 e. The lowest BCUT2D eigenvalue weighted by molar-refractivity contribution is -0.388. The minimum Gasteiger partial charge on any atom is -1.00 e. The number of aromatic nitrogens is 1. The number of hydrogen-bond donors (Lipinski definition) is 1. The Labute approximate surface area is 89.7 Å². The molecule has 0 fully saturated rings. The molecule has 14 heavy (non-hydrogen) atoms. The topological polar surface area (TPSA) is 40.5 Å². The molecule has 2 nitrogen and oxygen atoms in total. The Morgan fingerprint density at radius 1 is 1.43 bits per heavy atom. The average Bonchev–Trinajstić information content (AvgIpc) is 2.03. The Hall–Kier alpha value is -0.520. The highest BCUT2D eigenvalue weighted by molar-refractivity contribution is 6.30. The first kappa shape index (κ1) is 13.5. The molecule has 0 aliphatic carbocycles. The van der Waals surface area contributed by atoms with Crippen LogP contribution in [0.2, 0.25) is 5.02 Å². The van der Waals surface area contributed by atoms with Gasteiger partial charge >= 0.3 is 6.18 Å². The fourth-order valence-electron chi connectivity index (χ4n) is 0.912. The Balaban J connectivity index is 0.00000169. The van der Waals surface area contributed by atoms with Crippen molar-refractivity contribution in [1.29, 1.82) is 0 Å². The summed E-state index contributed by atoms with van der Waals surface area (Å²) in [5.74, 6) is 0. The van der Waals surface area contributed by atoms with E-state index < -0.39 is 11.7 Å². The molecule has 0 aliphatic rings. The quantitative estimate of drug-likeness (QED) is 0.644. The monoisotopic (exact) mass is 246 g/mol. The highest BCUT2D eigenvalue weighted by Gasteiger charge is 2.34. The van der Waals surface area contributed by atoms with Crippen LogP contribution in [-0.4, -0.2) is 4.98 Å². The van der Waals surface area contributed by atoms with Crippen molar-refractivity contribution in [3.05, 3.63) is 28.5 Å². The number of nitrogens with zero attached hydrogens (tertiary/aromatic N) is 1.